The number of nitrogens with one attached hydrogen (secondary N) is 1. The molecule has 1 aliphatic heterocycles. The Bertz CT molecular complexity index is 536. The predicted molar refractivity (Wildman–Crippen MR) is 74.7 cm³/mol. The smallest absolute Gasteiger partial charge is 0.153 e. The molecule has 6 heteroatoms. The zero-order chi connectivity index (χ0) is 14.0. The second-order valence-electron chi connectivity index (χ2n) is 5.28. The first-order valence-corrected chi connectivity index (χ1v) is 8.40. The molecular weight excluding hydrogens is 264 g/mol. The van der Waals surface area contributed by atoms with Crippen molar-refractivity contribution in [1.82, 2.24) is 10.2 Å². The van der Waals surface area contributed by atoms with Gasteiger partial charge in [0.2, 0.25) is 0 Å². The molecule has 1 unspecified atom stereocenters. The van der Waals surface area contributed by atoms with E-state index in [4.69, 9.17) is 4.42 Å². The molecule has 1 fully saturated rings. The lowest BCUT2D eigenvalue weighted by Gasteiger charge is -2.32. The van der Waals surface area contributed by atoms with Gasteiger partial charge in [-0.3, -0.25) is 4.90 Å². The Morgan fingerprint density at radius 3 is 2.89 bits per heavy atom. The molecule has 0 amide bonds. The van der Waals surface area contributed by atoms with Crippen LogP contribution in [0, 0.1) is 6.92 Å². The molecule has 2 heterocycles. The summed E-state index contributed by atoms with van der Waals surface area (Å²) in [5.74, 6) is 2.36. The van der Waals surface area contributed by atoms with Crippen molar-refractivity contribution < 1.29 is 12.8 Å². The summed E-state index contributed by atoms with van der Waals surface area (Å²) in [6.45, 7) is 5.98. The quantitative estimate of drug-likeness (QED) is 0.892. The van der Waals surface area contributed by atoms with E-state index in [1.807, 2.05) is 27.0 Å². The SMILES string of the molecule is CNCc1oc(CN2CCS(=O)(=O)CC2C)cc1C. The molecule has 0 spiro atoms. The van der Waals surface area contributed by atoms with Crippen LogP contribution in [0.5, 0.6) is 0 Å². The molecule has 0 radical (unpaired) electrons. The third-order valence-corrected chi connectivity index (χ3v) is 5.37. The molecule has 0 bridgehead atoms. The third kappa shape index (κ3) is 3.58. The number of sulfone groups is 1. The number of furan rings is 1. The number of aryl methyl sites for hydroxylation is 1. The molecule has 1 atom stereocenters. The van der Waals surface area contributed by atoms with Crippen molar-refractivity contribution in [3.05, 3.63) is 23.2 Å². The van der Waals surface area contributed by atoms with Crippen LogP contribution in [0.15, 0.2) is 10.5 Å². The first-order valence-electron chi connectivity index (χ1n) is 6.58. The summed E-state index contributed by atoms with van der Waals surface area (Å²) in [7, 11) is -0.963. The highest BCUT2D eigenvalue weighted by Gasteiger charge is 2.28. The maximum absolute atomic E-state index is 11.5. The predicted octanol–water partition coefficient (Wildman–Crippen LogP) is 0.926. The van der Waals surface area contributed by atoms with E-state index in [1.54, 1.807) is 0 Å². The molecule has 1 aromatic rings. The fourth-order valence-corrected chi connectivity index (χ4v) is 4.10. The maximum Gasteiger partial charge on any atom is 0.153 e. The first-order chi connectivity index (χ1) is 8.91. The van der Waals surface area contributed by atoms with Crippen LogP contribution < -0.4 is 5.32 Å². The van der Waals surface area contributed by atoms with Gasteiger partial charge >= 0.3 is 0 Å². The molecule has 108 valence electrons. The van der Waals surface area contributed by atoms with Gasteiger partial charge in [-0.25, -0.2) is 8.42 Å². The molecule has 5 nitrogen and oxygen atoms in total. The fraction of sp³-hybridized carbons (Fsp3) is 0.692. The van der Waals surface area contributed by atoms with Crippen LogP contribution in [0.4, 0.5) is 0 Å². The van der Waals surface area contributed by atoms with Crippen molar-refractivity contribution in [3.8, 4) is 0 Å². The van der Waals surface area contributed by atoms with E-state index in [-0.39, 0.29) is 17.5 Å². The van der Waals surface area contributed by atoms with Crippen LogP contribution in [-0.4, -0.2) is 44.5 Å². The van der Waals surface area contributed by atoms with Gasteiger partial charge in [0.15, 0.2) is 9.84 Å². The molecular formula is C13H22N2O3S. The summed E-state index contributed by atoms with van der Waals surface area (Å²) in [6, 6.07) is 2.10. The monoisotopic (exact) mass is 286 g/mol. The van der Waals surface area contributed by atoms with E-state index in [2.05, 4.69) is 10.2 Å². The second-order valence-corrected chi connectivity index (χ2v) is 7.51. The number of rotatable bonds is 4. The van der Waals surface area contributed by atoms with Gasteiger partial charge in [-0.05, 0) is 32.5 Å². The lowest BCUT2D eigenvalue weighted by atomic mass is 10.2. The zero-order valence-corrected chi connectivity index (χ0v) is 12.6. The highest BCUT2D eigenvalue weighted by molar-refractivity contribution is 7.91. The van der Waals surface area contributed by atoms with Crippen LogP contribution in [0.3, 0.4) is 0 Å². The highest BCUT2D eigenvalue weighted by Crippen LogP contribution is 2.19. The van der Waals surface area contributed by atoms with Gasteiger partial charge in [-0.2, -0.15) is 0 Å². The van der Waals surface area contributed by atoms with Crippen molar-refractivity contribution in [3.63, 3.8) is 0 Å². The van der Waals surface area contributed by atoms with Gasteiger partial charge in [-0.1, -0.05) is 0 Å². The minimum Gasteiger partial charge on any atom is -0.463 e. The lowest BCUT2D eigenvalue weighted by molar-refractivity contribution is 0.199. The largest absolute Gasteiger partial charge is 0.463 e. The number of hydrogen-bond donors (Lipinski definition) is 1. The van der Waals surface area contributed by atoms with E-state index >= 15 is 0 Å². The van der Waals surface area contributed by atoms with Gasteiger partial charge in [0.05, 0.1) is 24.6 Å². The van der Waals surface area contributed by atoms with Gasteiger partial charge in [0.1, 0.15) is 11.5 Å². The second kappa shape index (κ2) is 5.64. The Kier molecular flexibility index (Phi) is 4.32. The molecule has 1 aliphatic rings. The summed E-state index contributed by atoms with van der Waals surface area (Å²) in [4.78, 5) is 2.17. The molecule has 0 aromatic carbocycles. The average molecular weight is 286 g/mol. The highest BCUT2D eigenvalue weighted by atomic mass is 32.2. The van der Waals surface area contributed by atoms with Crippen molar-refractivity contribution in [1.29, 1.82) is 0 Å². The summed E-state index contributed by atoms with van der Waals surface area (Å²) in [6.07, 6.45) is 0. The van der Waals surface area contributed by atoms with Crippen LogP contribution >= 0.6 is 0 Å². The Hall–Kier alpha value is -0.850. The topological polar surface area (TPSA) is 62.6 Å². The third-order valence-electron chi connectivity index (χ3n) is 3.58. The Morgan fingerprint density at radius 1 is 1.53 bits per heavy atom. The minimum atomic E-state index is -2.85. The van der Waals surface area contributed by atoms with Crippen LogP contribution in [0.25, 0.3) is 0 Å². The summed E-state index contributed by atoms with van der Waals surface area (Å²) < 4.78 is 28.9. The lowest BCUT2D eigenvalue weighted by Crippen LogP contribution is -2.46. The minimum absolute atomic E-state index is 0.0527. The van der Waals surface area contributed by atoms with Crippen molar-refractivity contribution >= 4 is 9.84 Å². The number of nitrogens with zero attached hydrogens (tertiary/aromatic N) is 1. The van der Waals surface area contributed by atoms with Crippen LogP contribution in [0.2, 0.25) is 0 Å². The van der Waals surface area contributed by atoms with Crippen LogP contribution in [0.1, 0.15) is 24.0 Å². The van der Waals surface area contributed by atoms with Crippen molar-refractivity contribution in [2.24, 2.45) is 0 Å². The van der Waals surface area contributed by atoms with E-state index in [9.17, 15) is 8.42 Å². The summed E-state index contributed by atoms with van der Waals surface area (Å²) >= 11 is 0. The van der Waals surface area contributed by atoms with E-state index < -0.39 is 9.84 Å². The molecule has 0 aliphatic carbocycles. The van der Waals surface area contributed by atoms with Crippen LogP contribution in [-0.2, 0) is 22.9 Å². The van der Waals surface area contributed by atoms with Gasteiger partial charge in [0, 0.05) is 12.6 Å². The molecule has 2 rings (SSSR count). The Labute approximate surface area is 114 Å². The molecule has 1 saturated heterocycles. The number of hydrogen-bond acceptors (Lipinski definition) is 5. The Morgan fingerprint density at radius 2 is 2.26 bits per heavy atom. The maximum atomic E-state index is 11.5. The molecule has 19 heavy (non-hydrogen) atoms. The summed E-state index contributed by atoms with van der Waals surface area (Å²) in [5.41, 5.74) is 1.14. The van der Waals surface area contributed by atoms with E-state index in [1.165, 1.54) is 0 Å². The summed E-state index contributed by atoms with van der Waals surface area (Å²) in [5, 5.41) is 3.07. The molecule has 1 aromatic heterocycles. The Balaban J connectivity index is 2.03. The molecule has 1 N–H and O–H groups in total. The normalized spacial score (nSPS) is 23.6. The molecule has 0 saturated carbocycles. The van der Waals surface area contributed by atoms with E-state index in [0.717, 1.165) is 23.6 Å². The zero-order valence-electron chi connectivity index (χ0n) is 11.8. The first kappa shape index (κ1) is 14.6. The van der Waals surface area contributed by atoms with Crippen molar-refractivity contribution in [2.45, 2.75) is 33.0 Å². The van der Waals surface area contributed by atoms with Gasteiger partial charge < -0.3 is 9.73 Å². The fourth-order valence-electron chi connectivity index (χ4n) is 2.47. The van der Waals surface area contributed by atoms with Gasteiger partial charge in [0.25, 0.3) is 0 Å². The standard InChI is InChI=1S/C13H22N2O3S/c1-10-6-12(18-13(10)7-14-3)8-15-4-5-19(16,17)9-11(15)2/h6,11,14H,4-5,7-9H2,1-3H3. The van der Waals surface area contributed by atoms with Gasteiger partial charge in [-0.15, -0.1) is 0 Å². The average Bonchev–Trinajstić information content (AvgIpc) is 2.64. The van der Waals surface area contributed by atoms with E-state index in [0.29, 0.717) is 13.1 Å². The van der Waals surface area contributed by atoms with Crippen molar-refractivity contribution in [2.75, 3.05) is 25.1 Å².